The summed E-state index contributed by atoms with van der Waals surface area (Å²) in [6.07, 6.45) is 7.44. The van der Waals surface area contributed by atoms with Gasteiger partial charge in [0.1, 0.15) is 0 Å². The number of nitrogens with one attached hydrogen (secondary N) is 1. The number of nitrogens with zero attached hydrogens (tertiary/aromatic N) is 1. The molecule has 20 heavy (non-hydrogen) atoms. The van der Waals surface area contributed by atoms with E-state index in [9.17, 15) is 0 Å². The van der Waals surface area contributed by atoms with Gasteiger partial charge in [0.25, 0.3) is 0 Å². The van der Waals surface area contributed by atoms with Crippen LogP contribution >= 0.6 is 0 Å². The fourth-order valence-electron chi connectivity index (χ4n) is 3.56. The number of anilines is 1. The van der Waals surface area contributed by atoms with Crippen molar-refractivity contribution in [3.05, 3.63) is 30.3 Å². The van der Waals surface area contributed by atoms with Gasteiger partial charge in [-0.1, -0.05) is 18.2 Å². The predicted molar refractivity (Wildman–Crippen MR) is 85.0 cm³/mol. The van der Waals surface area contributed by atoms with E-state index in [1.807, 2.05) is 0 Å². The van der Waals surface area contributed by atoms with E-state index in [-0.39, 0.29) is 0 Å². The maximum Gasteiger partial charge on any atom is 0.0366 e. The van der Waals surface area contributed by atoms with E-state index in [1.54, 1.807) is 0 Å². The number of hydrogen-bond donors (Lipinski definition) is 2. The standard InChI is InChI=1S/C17H27N3/c18-14-6-8-15(9-7-14)19-16-10-12-20(13-11-16)17-4-2-1-3-5-17/h1-5,14-16,19H,6-13,18H2. The highest BCUT2D eigenvalue weighted by Crippen LogP contribution is 2.22. The summed E-state index contributed by atoms with van der Waals surface area (Å²) in [5.41, 5.74) is 7.35. The van der Waals surface area contributed by atoms with Crippen LogP contribution in [0.2, 0.25) is 0 Å². The van der Waals surface area contributed by atoms with Crippen LogP contribution in [0.1, 0.15) is 38.5 Å². The van der Waals surface area contributed by atoms with Crippen LogP contribution in [0.25, 0.3) is 0 Å². The number of hydrogen-bond acceptors (Lipinski definition) is 3. The van der Waals surface area contributed by atoms with Gasteiger partial charge in [0.2, 0.25) is 0 Å². The molecule has 3 nitrogen and oxygen atoms in total. The molecule has 1 aromatic carbocycles. The molecule has 1 aromatic rings. The van der Waals surface area contributed by atoms with Crippen molar-refractivity contribution in [1.29, 1.82) is 0 Å². The first-order chi connectivity index (χ1) is 9.81. The summed E-state index contributed by atoms with van der Waals surface area (Å²) in [7, 11) is 0. The molecule has 2 aliphatic rings. The molecule has 0 atom stereocenters. The largest absolute Gasteiger partial charge is 0.371 e. The number of piperidine rings is 1. The summed E-state index contributed by atoms with van der Waals surface area (Å²) in [4.78, 5) is 2.51. The van der Waals surface area contributed by atoms with E-state index in [2.05, 4.69) is 40.5 Å². The van der Waals surface area contributed by atoms with Gasteiger partial charge >= 0.3 is 0 Å². The normalized spacial score (nSPS) is 28.6. The molecule has 110 valence electrons. The summed E-state index contributed by atoms with van der Waals surface area (Å²) in [6, 6.07) is 12.7. The lowest BCUT2D eigenvalue weighted by Crippen LogP contribution is -2.48. The second-order valence-electron chi connectivity index (χ2n) is 6.38. The average Bonchev–Trinajstić information content (AvgIpc) is 2.51. The van der Waals surface area contributed by atoms with Crippen LogP contribution in [0, 0.1) is 0 Å². The molecule has 1 aliphatic carbocycles. The fourth-order valence-corrected chi connectivity index (χ4v) is 3.56. The Balaban J connectivity index is 1.44. The maximum absolute atomic E-state index is 5.98. The van der Waals surface area contributed by atoms with Gasteiger partial charge in [-0.05, 0) is 50.7 Å². The second-order valence-corrected chi connectivity index (χ2v) is 6.38. The molecule has 0 bridgehead atoms. The Morgan fingerprint density at radius 1 is 0.850 bits per heavy atom. The second kappa shape index (κ2) is 6.59. The van der Waals surface area contributed by atoms with Crippen molar-refractivity contribution >= 4 is 5.69 Å². The third kappa shape index (κ3) is 3.53. The monoisotopic (exact) mass is 273 g/mol. The highest BCUT2D eigenvalue weighted by Gasteiger charge is 2.24. The topological polar surface area (TPSA) is 41.3 Å². The van der Waals surface area contributed by atoms with E-state index in [0.29, 0.717) is 18.1 Å². The fraction of sp³-hybridized carbons (Fsp3) is 0.647. The third-order valence-corrected chi connectivity index (χ3v) is 4.86. The first-order valence-electron chi connectivity index (χ1n) is 8.13. The summed E-state index contributed by atoms with van der Waals surface area (Å²) in [5, 5.41) is 3.87. The van der Waals surface area contributed by atoms with E-state index < -0.39 is 0 Å². The lowest BCUT2D eigenvalue weighted by atomic mass is 9.90. The Morgan fingerprint density at radius 2 is 1.45 bits per heavy atom. The zero-order valence-electron chi connectivity index (χ0n) is 12.3. The minimum Gasteiger partial charge on any atom is -0.371 e. The van der Waals surface area contributed by atoms with Gasteiger partial charge in [0.15, 0.2) is 0 Å². The Kier molecular flexibility index (Phi) is 4.58. The van der Waals surface area contributed by atoms with Crippen molar-refractivity contribution in [2.45, 2.75) is 56.7 Å². The summed E-state index contributed by atoms with van der Waals surface area (Å²) < 4.78 is 0. The molecule has 1 heterocycles. The van der Waals surface area contributed by atoms with Crippen LogP contribution < -0.4 is 16.0 Å². The Morgan fingerprint density at radius 3 is 2.10 bits per heavy atom. The molecule has 3 heteroatoms. The molecule has 1 aliphatic heterocycles. The van der Waals surface area contributed by atoms with Crippen molar-refractivity contribution in [1.82, 2.24) is 5.32 Å². The van der Waals surface area contributed by atoms with Crippen molar-refractivity contribution in [3.63, 3.8) is 0 Å². The van der Waals surface area contributed by atoms with Gasteiger partial charge < -0.3 is 16.0 Å². The van der Waals surface area contributed by atoms with E-state index in [0.717, 1.165) is 0 Å². The SMILES string of the molecule is NC1CCC(NC2CCN(c3ccccc3)CC2)CC1. The van der Waals surface area contributed by atoms with Gasteiger partial charge in [-0.15, -0.1) is 0 Å². The van der Waals surface area contributed by atoms with Crippen LogP contribution in [0.15, 0.2) is 30.3 Å². The first kappa shape index (κ1) is 13.9. The lowest BCUT2D eigenvalue weighted by molar-refractivity contribution is 0.292. The molecule has 0 amide bonds. The van der Waals surface area contributed by atoms with E-state index >= 15 is 0 Å². The number of rotatable bonds is 3. The molecule has 2 fully saturated rings. The summed E-state index contributed by atoms with van der Waals surface area (Å²) in [6.45, 7) is 2.35. The van der Waals surface area contributed by atoms with Gasteiger partial charge in [0, 0.05) is 36.9 Å². The number of para-hydroxylation sites is 1. The van der Waals surface area contributed by atoms with Crippen molar-refractivity contribution < 1.29 is 0 Å². The summed E-state index contributed by atoms with van der Waals surface area (Å²) in [5.74, 6) is 0. The quantitative estimate of drug-likeness (QED) is 0.889. The van der Waals surface area contributed by atoms with Crippen molar-refractivity contribution in [2.24, 2.45) is 5.73 Å². The minimum atomic E-state index is 0.452. The predicted octanol–water partition coefficient (Wildman–Crippen LogP) is 2.51. The van der Waals surface area contributed by atoms with Crippen LogP contribution in [0.5, 0.6) is 0 Å². The minimum absolute atomic E-state index is 0.452. The van der Waals surface area contributed by atoms with Crippen molar-refractivity contribution in [3.8, 4) is 0 Å². The average molecular weight is 273 g/mol. The van der Waals surface area contributed by atoms with Crippen LogP contribution in [-0.2, 0) is 0 Å². The smallest absolute Gasteiger partial charge is 0.0366 e. The molecule has 3 rings (SSSR count). The molecule has 3 N–H and O–H groups in total. The molecule has 1 saturated heterocycles. The van der Waals surface area contributed by atoms with E-state index in [1.165, 1.54) is 57.3 Å². The Bertz CT molecular complexity index is 390. The van der Waals surface area contributed by atoms with Crippen LogP contribution in [0.4, 0.5) is 5.69 Å². The zero-order valence-corrected chi connectivity index (χ0v) is 12.3. The van der Waals surface area contributed by atoms with Crippen LogP contribution in [-0.4, -0.2) is 31.2 Å². The number of nitrogens with two attached hydrogens (primary N) is 1. The molecular formula is C17H27N3. The van der Waals surface area contributed by atoms with E-state index in [4.69, 9.17) is 5.73 Å². The molecule has 0 unspecified atom stereocenters. The Labute approximate surface area is 122 Å². The van der Waals surface area contributed by atoms with Gasteiger partial charge in [-0.2, -0.15) is 0 Å². The molecule has 0 aromatic heterocycles. The molecular weight excluding hydrogens is 246 g/mol. The third-order valence-electron chi connectivity index (χ3n) is 4.86. The van der Waals surface area contributed by atoms with Gasteiger partial charge in [-0.3, -0.25) is 0 Å². The molecule has 0 spiro atoms. The molecule has 0 radical (unpaired) electrons. The van der Waals surface area contributed by atoms with Gasteiger partial charge in [0.05, 0.1) is 0 Å². The number of benzene rings is 1. The maximum atomic E-state index is 5.98. The highest BCUT2D eigenvalue weighted by atomic mass is 15.1. The van der Waals surface area contributed by atoms with Crippen LogP contribution in [0.3, 0.4) is 0 Å². The summed E-state index contributed by atoms with van der Waals surface area (Å²) >= 11 is 0. The van der Waals surface area contributed by atoms with Gasteiger partial charge in [-0.25, -0.2) is 0 Å². The highest BCUT2D eigenvalue weighted by molar-refractivity contribution is 5.46. The Hall–Kier alpha value is -1.06. The zero-order chi connectivity index (χ0) is 13.8. The van der Waals surface area contributed by atoms with Crippen molar-refractivity contribution in [2.75, 3.05) is 18.0 Å². The lowest BCUT2D eigenvalue weighted by Gasteiger charge is -2.37. The molecule has 1 saturated carbocycles. The first-order valence-corrected chi connectivity index (χ1v) is 8.13.